The van der Waals surface area contributed by atoms with Crippen molar-refractivity contribution in [1.29, 1.82) is 0 Å². The number of para-hydroxylation sites is 1. The van der Waals surface area contributed by atoms with E-state index in [1.807, 2.05) is 6.07 Å². The molecule has 0 bridgehead atoms. The van der Waals surface area contributed by atoms with Crippen molar-refractivity contribution in [2.45, 2.75) is 31.0 Å². The molecular formula is C23H25F3N2O3. The highest BCUT2D eigenvalue weighted by atomic mass is 19.4. The third-order valence-corrected chi connectivity index (χ3v) is 5.93. The largest absolute Gasteiger partial charge is 0.493 e. The number of nitrogens with one attached hydrogen (secondary N) is 2. The smallest absolute Gasteiger partial charge is 0.418 e. The van der Waals surface area contributed by atoms with Gasteiger partial charge in [0, 0.05) is 22.0 Å². The normalized spacial score (nSPS) is 16.5. The lowest BCUT2D eigenvalue weighted by atomic mass is 9.88. The minimum Gasteiger partial charge on any atom is -0.493 e. The number of aromatic amines is 1. The lowest BCUT2D eigenvalue weighted by molar-refractivity contribution is -0.206. The number of methoxy groups -OCH3 is 2. The summed E-state index contributed by atoms with van der Waals surface area (Å²) < 4.78 is 51.8. The Balaban J connectivity index is 1.95. The minimum atomic E-state index is -4.82. The van der Waals surface area contributed by atoms with Gasteiger partial charge in [0.15, 0.2) is 17.6 Å². The molecule has 1 atom stereocenters. The predicted molar refractivity (Wildman–Crippen MR) is 113 cm³/mol. The van der Waals surface area contributed by atoms with Crippen molar-refractivity contribution in [3.63, 3.8) is 0 Å². The fourth-order valence-electron chi connectivity index (χ4n) is 4.38. The highest BCUT2D eigenvalue weighted by molar-refractivity contribution is 5.93. The van der Waals surface area contributed by atoms with Crippen LogP contribution in [0.25, 0.3) is 22.2 Å². The average Bonchev–Trinajstić information content (AvgIpc) is 3.16. The van der Waals surface area contributed by atoms with Gasteiger partial charge in [-0.2, -0.15) is 13.2 Å². The summed E-state index contributed by atoms with van der Waals surface area (Å²) in [6.07, 6.45) is -5.62. The second-order valence-corrected chi connectivity index (χ2v) is 7.73. The van der Waals surface area contributed by atoms with Gasteiger partial charge in [-0.1, -0.05) is 12.1 Å². The van der Waals surface area contributed by atoms with E-state index in [0.29, 0.717) is 28.0 Å². The average molecular weight is 434 g/mol. The number of H-pyrrole nitrogens is 1. The standard InChI is InChI=1S/C23H25F3N2O3/c1-30-18-5-3-4-15(21(18)31-2)20-19(22(29)23(24,25)26)16-12-14(6-7-17(16)28-20)13-8-10-27-11-9-13/h3-7,12-13,22,27-29H,8-11H2,1-2H3. The van der Waals surface area contributed by atoms with Gasteiger partial charge in [0.05, 0.1) is 19.9 Å². The van der Waals surface area contributed by atoms with Crippen molar-refractivity contribution in [1.82, 2.24) is 10.3 Å². The van der Waals surface area contributed by atoms with Gasteiger partial charge in [0.1, 0.15) is 0 Å². The van der Waals surface area contributed by atoms with E-state index in [9.17, 15) is 18.3 Å². The molecule has 2 aromatic carbocycles. The summed E-state index contributed by atoms with van der Waals surface area (Å²) in [7, 11) is 2.89. The number of aliphatic hydroxyl groups excluding tert-OH is 1. The van der Waals surface area contributed by atoms with Crippen molar-refractivity contribution in [3.05, 3.63) is 47.5 Å². The lowest BCUT2D eigenvalue weighted by Gasteiger charge is -2.23. The van der Waals surface area contributed by atoms with Crippen LogP contribution in [0.2, 0.25) is 0 Å². The van der Waals surface area contributed by atoms with Crippen molar-refractivity contribution in [3.8, 4) is 22.8 Å². The van der Waals surface area contributed by atoms with Crippen molar-refractivity contribution < 1.29 is 27.8 Å². The monoisotopic (exact) mass is 434 g/mol. The third kappa shape index (κ3) is 3.97. The molecule has 8 heteroatoms. The minimum absolute atomic E-state index is 0.165. The maximum atomic E-state index is 13.7. The van der Waals surface area contributed by atoms with E-state index in [-0.39, 0.29) is 17.2 Å². The molecule has 2 heterocycles. The molecule has 1 saturated heterocycles. The van der Waals surface area contributed by atoms with Gasteiger partial charge in [0.2, 0.25) is 0 Å². The summed E-state index contributed by atoms with van der Waals surface area (Å²) in [5.74, 6) is 0.957. The Kier molecular flexibility index (Phi) is 5.85. The third-order valence-electron chi connectivity index (χ3n) is 5.93. The Morgan fingerprint density at radius 1 is 1.06 bits per heavy atom. The number of benzene rings is 2. The molecular weight excluding hydrogens is 409 g/mol. The van der Waals surface area contributed by atoms with Crippen molar-refractivity contribution >= 4 is 10.9 Å². The number of ether oxygens (including phenoxy) is 2. The summed E-state index contributed by atoms with van der Waals surface area (Å²) in [6, 6.07) is 10.5. The molecule has 3 N–H and O–H groups in total. The van der Waals surface area contributed by atoms with Gasteiger partial charge in [-0.3, -0.25) is 0 Å². The summed E-state index contributed by atoms with van der Waals surface area (Å²) in [6.45, 7) is 1.75. The highest BCUT2D eigenvalue weighted by Crippen LogP contribution is 2.46. The van der Waals surface area contributed by atoms with Gasteiger partial charge in [-0.25, -0.2) is 0 Å². The van der Waals surface area contributed by atoms with Crippen LogP contribution in [0.15, 0.2) is 36.4 Å². The number of alkyl halides is 3. The number of aromatic nitrogens is 1. The molecule has 1 aliphatic heterocycles. The van der Waals surface area contributed by atoms with Crippen LogP contribution in [-0.4, -0.2) is 43.6 Å². The van der Waals surface area contributed by atoms with Gasteiger partial charge in [-0.15, -0.1) is 0 Å². The van der Waals surface area contributed by atoms with Crippen LogP contribution < -0.4 is 14.8 Å². The molecule has 166 valence electrons. The van der Waals surface area contributed by atoms with Gasteiger partial charge < -0.3 is 24.9 Å². The van der Waals surface area contributed by atoms with Crippen LogP contribution >= 0.6 is 0 Å². The number of hydrogen-bond acceptors (Lipinski definition) is 4. The first-order valence-electron chi connectivity index (χ1n) is 10.2. The topological polar surface area (TPSA) is 66.5 Å². The molecule has 1 fully saturated rings. The van der Waals surface area contributed by atoms with Crippen molar-refractivity contribution in [2.75, 3.05) is 27.3 Å². The van der Waals surface area contributed by atoms with Crippen LogP contribution in [0.4, 0.5) is 13.2 Å². The maximum absolute atomic E-state index is 13.7. The van der Waals surface area contributed by atoms with Gasteiger partial charge in [0.25, 0.3) is 0 Å². The second kappa shape index (κ2) is 8.43. The first kappa shape index (κ1) is 21.5. The molecule has 31 heavy (non-hydrogen) atoms. The predicted octanol–water partition coefficient (Wildman–Crippen LogP) is 4.91. The van der Waals surface area contributed by atoms with Gasteiger partial charge >= 0.3 is 6.18 Å². The van der Waals surface area contributed by atoms with Crippen molar-refractivity contribution in [2.24, 2.45) is 0 Å². The van der Waals surface area contributed by atoms with E-state index >= 15 is 0 Å². The second-order valence-electron chi connectivity index (χ2n) is 7.73. The Bertz CT molecular complexity index is 1070. The summed E-state index contributed by atoms with van der Waals surface area (Å²) >= 11 is 0. The summed E-state index contributed by atoms with van der Waals surface area (Å²) in [4.78, 5) is 3.08. The summed E-state index contributed by atoms with van der Waals surface area (Å²) in [5.41, 5.74) is 1.85. The highest BCUT2D eigenvalue weighted by Gasteiger charge is 2.42. The van der Waals surface area contributed by atoms with E-state index in [0.717, 1.165) is 31.5 Å². The zero-order valence-electron chi connectivity index (χ0n) is 17.3. The molecule has 4 rings (SSSR count). The number of rotatable bonds is 5. The molecule has 0 radical (unpaired) electrons. The zero-order valence-corrected chi connectivity index (χ0v) is 17.3. The van der Waals surface area contributed by atoms with Crippen LogP contribution in [0, 0.1) is 0 Å². The summed E-state index contributed by atoms with van der Waals surface area (Å²) in [5, 5.41) is 14.0. The van der Waals surface area contributed by atoms with E-state index in [2.05, 4.69) is 10.3 Å². The first-order chi connectivity index (χ1) is 14.8. The number of halogens is 3. The van der Waals surface area contributed by atoms with Crippen LogP contribution in [0.3, 0.4) is 0 Å². The van der Waals surface area contributed by atoms with Crippen LogP contribution in [-0.2, 0) is 0 Å². The van der Waals surface area contributed by atoms with E-state index < -0.39 is 12.3 Å². The lowest BCUT2D eigenvalue weighted by Crippen LogP contribution is -2.26. The maximum Gasteiger partial charge on any atom is 0.418 e. The van der Waals surface area contributed by atoms with Crippen LogP contribution in [0.1, 0.15) is 36.0 Å². The van der Waals surface area contributed by atoms with E-state index in [1.54, 1.807) is 30.3 Å². The zero-order chi connectivity index (χ0) is 22.2. The Morgan fingerprint density at radius 2 is 1.81 bits per heavy atom. The molecule has 0 aliphatic carbocycles. The molecule has 1 unspecified atom stereocenters. The Labute approximate surface area is 178 Å². The molecule has 0 amide bonds. The Morgan fingerprint density at radius 3 is 2.45 bits per heavy atom. The molecule has 1 aromatic heterocycles. The molecule has 0 spiro atoms. The van der Waals surface area contributed by atoms with E-state index in [4.69, 9.17) is 9.47 Å². The molecule has 0 saturated carbocycles. The van der Waals surface area contributed by atoms with Gasteiger partial charge in [-0.05, 0) is 61.7 Å². The van der Waals surface area contributed by atoms with Crippen LogP contribution in [0.5, 0.6) is 11.5 Å². The number of fused-ring (bicyclic) bond motifs is 1. The molecule has 3 aromatic rings. The number of hydrogen-bond donors (Lipinski definition) is 3. The molecule has 1 aliphatic rings. The SMILES string of the molecule is COc1cccc(-c2[nH]c3ccc(C4CCNCC4)cc3c2C(O)C(F)(F)F)c1OC. The Hall–Kier alpha value is -2.71. The number of piperidine rings is 1. The first-order valence-corrected chi connectivity index (χ1v) is 10.2. The van der Waals surface area contributed by atoms with E-state index in [1.165, 1.54) is 14.2 Å². The fraction of sp³-hybridized carbons (Fsp3) is 0.391. The fourth-order valence-corrected chi connectivity index (χ4v) is 4.38. The quantitative estimate of drug-likeness (QED) is 0.534. The molecule has 5 nitrogen and oxygen atoms in total. The number of aliphatic hydroxyl groups is 1.